The monoisotopic (exact) mass is 530 g/mol. The summed E-state index contributed by atoms with van der Waals surface area (Å²) in [6, 6.07) is 4.40. The van der Waals surface area contributed by atoms with Crippen LogP contribution in [0.4, 0.5) is 23.2 Å². The number of rotatable bonds is 5. The largest absolute Gasteiger partial charge is 0.419 e. The Morgan fingerprint density at radius 2 is 1.92 bits per heavy atom. The molecule has 3 aromatic rings. The van der Waals surface area contributed by atoms with Gasteiger partial charge < -0.3 is 10.2 Å². The number of pyridine rings is 1. The molecule has 1 N–H and O–H groups in total. The van der Waals surface area contributed by atoms with Crippen LogP contribution in [0.25, 0.3) is 5.65 Å². The molecule has 2 aliphatic heterocycles. The third kappa shape index (κ3) is 4.61. The maximum atomic E-state index is 14.6. The number of alkyl halides is 3. The van der Waals surface area contributed by atoms with Crippen molar-refractivity contribution in [1.82, 2.24) is 24.8 Å². The maximum absolute atomic E-state index is 14.6. The number of carbonyl (C=O) groups is 1. The van der Waals surface area contributed by atoms with E-state index in [0.717, 1.165) is 37.7 Å². The van der Waals surface area contributed by atoms with Crippen molar-refractivity contribution in [3.8, 4) is 0 Å². The van der Waals surface area contributed by atoms with Crippen molar-refractivity contribution in [3.05, 3.63) is 59.3 Å². The van der Waals surface area contributed by atoms with E-state index >= 15 is 0 Å². The zero-order valence-corrected chi connectivity index (χ0v) is 21.1. The van der Waals surface area contributed by atoms with Gasteiger partial charge in [-0.2, -0.15) is 18.3 Å². The second-order valence-electron chi connectivity index (χ2n) is 11.0. The van der Waals surface area contributed by atoms with E-state index in [2.05, 4.69) is 25.2 Å². The third-order valence-electron chi connectivity index (χ3n) is 8.51. The van der Waals surface area contributed by atoms with Crippen LogP contribution in [-0.2, 0) is 6.18 Å². The normalized spacial score (nSPS) is 20.8. The smallest absolute Gasteiger partial charge is 0.368 e. The van der Waals surface area contributed by atoms with Crippen molar-refractivity contribution < 1.29 is 22.4 Å². The van der Waals surface area contributed by atoms with E-state index in [1.807, 2.05) is 0 Å². The molecule has 1 saturated carbocycles. The summed E-state index contributed by atoms with van der Waals surface area (Å²) in [6.45, 7) is 5.51. The van der Waals surface area contributed by atoms with Gasteiger partial charge in [0, 0.05) is 37.4 Å². The summed E-state index contributed by atoms with van der Waals surface area (Å²) < 4.78 is 55.6. The number of aromatic nitrogens is 3. The average Bonchev–Trinajstić information content (AvgIpc) is 3.27. The Labute approximate surface area is 217 Å². The number of anilines is 1. The predicted octanol–water partition coefficient (Wildman–Crippen LogP) is 4.83. The van der Waals surface area contributed by atoms with E-state index in [4.69, 9.17) is 0 Å². The molecule has 38 heavy (non-hydrogen) atoms. The molecule has 1 atom stereocenters. The highest BCUT2D eigenvalue weighted by Crippen LogP contribution is 2.53. The van der Waals surface area contributed by atoms with Crippen molar-refractivity contribution >= 4 is 17.2 Å². The first-order valence-electron chi connectivity index (χ1n) is 13.1. The number of carbonyl (C=O) groups excluding carboxylic acids is 1. The number of amides is 1. The summed E-state index contributed by atoms with van der Waals surface area (Å²) in [4.78, 5) is 22.4. The van der Waals surface area contributed by atoms with Crippen LogP contribution in [0.1, 0.15) is 66.6 Å². The number of fused-ring (bicyclic) bond motifs is 1. The first kappa shape index (κ1) is 25.1. The lowest BCUT2D eigenvalue weighted by atomic mass is 10.0. The number of hydrogen-bond acceptors (Lipinski definition) is 5. The highest BCUT2D eigenvalue weighted by molar-refractivity contribution is 5.96. The molecule has 2 saturated heterocycles. The lowest BCUT2D eigenvalue weighted by Gasteiger charge is -2.38. The summed E-state index contributed by atoms with van der Waals surface area (Å²) in [6.07, 6.45) is 4.22. The summed E-state index contributed by atoms with van der Waals surface area (Å²) in [5.74, 6) is -1.91. The molecule has 0 radical (unpaired) electrons. The molecule has 0 unspecified atom stereocenters. The van der Waals surface area contributed by atoms with Gasteiger partial charge in [-0.05, 0) is 63.1 Å². The average molecular weight is 531 g/mol. The van der Waals surface area contributed by atoms with E-state index in [1.165, 1.54) is 62.4 Å². The van der Waals surface area contributed by atoms with Crippen LogP contribution in [0.5, 0.6) is 0 Å². The third-order valence-corrected chi connectivity index (χ3v) is 8.51. The minimum absolute atomic E-state index is 0.229. The number of benzene rings is 1. The lowest BCUT2D eigenvalue weighted by Crippen LogP contribution is -2.44. The van der Waals surface area contributed by atoms with Gasteiger partial charge in [-0.15, -0.1) is 0 Å². The van der Waals surface area contributed by atoms with Gasteiger partial charge in [-0.3, -0.25) is 9.69 Å². The number of halogens is 4. The number of piperidine rings is 1. The quantitative estimate of drug-likeness (QED) is 0.479. The molecule has 202 valence electrons. The van der Waals surface area contributed by atoms with Gasteiger partial charge >= 0.3 is 6.18 Å². The van der Waals surface area contributed by atoms with Crippen molar-refractivity contribution in [2.45, 2.75) is 57.3 Å². The van der Waals surface area contributed by atoms with Crippen LogP contribution in [0, 0.1) is 11.2 Å². The van der Waals surface area contributed by atoms with Gasteiger partial charge in [0.2, 0.25) is 0 Å². The maximum Gasteiger partial charge on any atom is 0.419 e. The second-order valence-corrected chi connectivity index (χ2v) is 11.0. The van der Waals surface area contributed by atoms with Gasteiger partial charge in [-0.25, -0.2) is 13.9 Å². The first-order valence-corrected chi connectivity index (χ1v) is 13.1. The Hall–Kier alpha value is -3.21. The van der Waals surface area contributed by atoms with Gasteiger partial charge in [0.1, 0.15) is 12.1 Å². The summed E-state index contributed by atoms with van der Waals surface area (Å²) >= 11 is 0. The Balaban J connectivity index is 1.19. The predicted molar refractivity (Wildman–Crippen MR) is 133 cm³/mol. The molecule has 4 heterocycles. The molecule has 7 nitrogen and oxygen atoms in total. The Morgan fingerprint density at radius 3 is 2.61 bits per heavy atom. The van der Waals surface area contributed by atoms with E-state index in [0.29, 0.717) is 23.2 Å². The number of hydrogen-bond donors (Lipinski definition) is 1. The molecule has 6 rings (SSSR count). The van der Waals surface area contributed by atoms with Gasteiger partial charge in [-0.1, -0.05) is 12.1 Å². The van der Waals surface area contributed by atoms with E-state index < -0.39 is 29.5 Å². The molecular weight excluding hydrogens is 500 g/mol. The van der Waals surface area contributed by atoms with Crippen LogP contribution < -0.4 is 10.2 Å². The van der Waals surface area contributed by atoms with Gasteiger partial charge in [0.25, 0.3) is 5.91 Å². The van der Waals surface area contributed by atoms with Crippen LogP contribution in [-0.4, -0.2) is 57.6 Å². The molecule has 0 bridgehead atoms. The molecule has 3 aliphatic rings. The van der Waals surface area contributed by atoms with Crippen LogP contribution in [0.2, 0.25) is 0 Å². The molecule has 1 aromatic carbocycles. The summed E-state index contributed by atoms with van der Waals surface area (Å²) in [5.41, 5.74) is 0.705. The van der Waals surface area contributed by atoms with Crippen molar-refractivity contribution in [2.24, 2.45) is 5.41 Å². The minimum Gasteiger partial charge on any atom is -0.368 e. The highest BCUT2D eigenvalue weighted by Gasteiger charge is 2.49. The Bertz CT molecular complexity index is 1360. The fourth-order valence-corrected chi connectivity index (χ4v) is 6.06. The van der Waals surface area contributed by atoms with E-state index in [1.54, 1.807) is 6.07 Å². The van der Waals surface area contributed by atoms with Crippen LogP contribution in [0.3, 0.4) is 0 Å². The topological polar surface area (TPSA) is 65.8 Å². The zero-order valence-electron chi connectivity index (χ0n) is 21.1. The van der Waals surface area contributed by atoms with Crippen LogP contribution >= 0.6 is 0 Å². The van der Waals surface area contributed by atoms with Crippen molar-refractivity contribution in [1.29, 1.82) is 0 Å². The lowest BCUT2D eigenvalue weighted by molar-refractivity contribution is -0.140. The Kier molecular flexibility index (Phi) is 6.08. The number of nitrogens with one attached hydrogen (secondary N) is 1. The first-order chi connectivity index (χ1) is 18.1. The van der Waals surface area contributed by atoms with Crippen molar-refractivity contribution in [3.63, 3.8) is 0 Å². The highest BCUT2D eigenvalue weighted by atomic mass is 19.4. The van der Waals surface area contributed by atoms with Gasteiger partial charge in [0.15, 0.2) is 5.65 Å². The molecule has 3 fully saturated rings. The summed E-state index contributed by atoms with van der Waals surface area (Å²) in [5, 5.41) is 6.86. The standard InChI is InChI=1S/C27H30F4N6O/c1-17(20-3-2-4-21(23(20)28)27(29,30)31)34-25(38)18-13-22(24-32-16-33-37(24)14-18)35-10-5-19(6-11-35)36-12-9-26(15-36)7-8-26/h2-4,13-14,16-17,19H,5-12,15H2,1H3,(H,34,38)/t17-/m1/s1. The molecule has 2 aromatic heterocycles. The summed E-state index contributed by atoms with van der Waals surface area (Å²) in [7, 11) is 0. The molecule has 1 amide bonds. The fourth-order valence-electron chi connectivity index (χ4n) is 6.06. The second kappa shape index (κ2) is 9.21. The van der Waals surface area contributed by atoms with E-state index in [-0.39, 0.29) is 11.1 Å². The molecule has 1 aliphatic carbocycles. The Morgan fingerprint density at radius 1 is 1.16 bits per heavy atom. The molecule has 1 spiro atoms. The van der Waals surface area contributed by atoms with E-state index in [9.17, 15) is 22.4 Å². The van der Waals surface area contributed by atoms with Gasteiger partial charge in [0.05, 0.1) is 22.9 Å². The zero-order chi connectivity index (χ0) is 26.7. The molecule has 11 heteroatoms. The van der Waals surface area contributed by atoms with Crippen molar-refractivity contribution in [2.75, 3.05) is 31.1 Å². The minimum atomic E-state index is -4.82. The number of nitrogens with zero attached hydrogens (tertiary/aromatic N) is 5. The fraction of sp³-hybridized carbons (Fsp3) is 0.519. The SMILES string of the molecule is C[C@@H](NC(=O)c1cc(N2CCC(N3CCC4(CC4)C3)CC2)c2ncnn2c1)c1cccc(C(F)(F)F)c1F. The number of likely N-dealkylation sites (tertiary alicyclic amines) is 1. The molecular formula is C27H30F4N6O. The van der Waals surface area contributed by atoms with Crippen LogP contribution in [0.15, 0.2) is 36.8 Å².